The second kappa shape index (κ2) is 6.22. The highest BCUT2D eigenvalue weighted by molar-refractivity contribution is 9.10. The maximum Gasteiger partial charge on any atom is 0.256 e. The molecule has 0 unspecified atom stereocenters. The summed E-state index contributed by atoms with van der Waals surface area (Å²) < 4.78 is 27.7. The zero-order chi connectivity index (χ0) is 15.6. The van der Waals surface area contributed by atoms with Gasteiger partial charge in [0.2, 0.25) is 0 Å². The molecule has 0 radical (unpaired) electrons. The molecule has 3 nitrogen and oxygen atoms in total. The van der Waals surface area contributed by atoms with E-state index in [0.29, 0.717) is 12.6 Å². The first-order chi connectivity index (χ1) is 9.88. The number of nitrogen functional groups attached to an aromatic ring is 1. The molecular formula is C15H13BrF2N2O. The highest BCUT2D eigenvalue weighted by Crippen LogP contribution is 2.19. The molecule has 0 aliphatic rings. The number of hydrogen-bond donors (Lipinski definition) is 1. The summed E-state index contributed by atoms with van der Waals surface area (Å²) in [5.74, 6) is -2.35. The molecule has 0 aliphatic carbocycles. The van der Waals surface area contributed by atoms with Crippen molar-refractivity contribution in [3.8, 4) is 0 Å². The molecule has 6 heteroatoms. The maximum absolute atomic E-state index is 13.7. The number of halogens is 3. The van der Waals surface area contributed by atoms with Gasteiger partial charge in [0, 0.05) is 24.1 Å². The van der Waals surface area contributed by atoms with Crippen LogP contribution in [0.25, 0.3) is 0 Å². The average molecular weight is 355 g/mol. The third-order valence-electron chi connectivity index (χ3n) is 3.00. The SMILES string of the molecule is CN(Cc1ccc(Br)cc1)C(=O)c1cc(N)c(F)cc1F. The van der Waals surface area contributed by atoms with Crippen molar-refractivity contribution in [2.24, 2.45) is 0 Å². The minimum Gasteiger partial charge on any atom is -0.396 e. The van der Waals surface area contributed by atoms with E-state index in [1.807, 2.05) is 24.3 Å². The Labute approximate surface area is 129 Å². The van der Waals surface area contributed by atoms with Gasteiger partial charge in [-0.3, -0.25) is 4.79 Å². The van der Waals surface area contributed by atoms with E-state index in [1.165, 1.54) is 4.90 Å². The van der Waals surface area contributed by atoms with E-state index >= 15 is 0 Å². The number of amides is 1. The summed E-state index contributed by atoms with van der Waals surface area (Å²) in [5.41, 5.74) is 5.78. The van der Waals surface area contributed by atoms with Gasteiger partial charge in [-0.05, 0) is 23.8 Å². The van der Waals surface area contributed by atoms with Gasteiger partial charge >= 0.3 is 0 Å². The van der Waals surface area contributed by atoms with Crippen LogP contribution in [0.15, 0.2) is 40.9 Å². The number of carbonyl (C=O) groups is 1. The topological polar surface area (TPSA) is 46.3 Å². The van der Waals surface area contributed by atoms with E-state index < -0.39 is 17.5 Å². The molecule has 0 bridgehead atoms. The second-order valence-corrected chi connectivity index (χ2v) is 5.56. The van der Waals surface area contributed by atoms with Gasteiger partial charge in [0.25, 0.3) is 5.91 Å². The van der Waals surface area contributed by atoms with Crippen LogP contribution in [0.3, 0.4) is 0 Å². The fourth-order valence-electron chi connectivity index (χ4n) is 1.87. The Balaban J connectivity index is 2.19. The van der Waals surface area contributed by atoms with E-state index in [9.17, 15) is 13.6 Å². The molecular weight excluding hydrogens is 342 g/mol. The molecule has 110 valence electrons. The average Bonchev–Trinajstić information content (AvgIpc) is 2.44. The van der Waals surface area contributed by atoms with Gasteiger partial charge in [0.05, 0.1) is 11.3 Å². The van der Waals surface area contributed by atoms with Gasteiger partial charge in [-0.1, -0.05) is 28.1 Å². The molecule has 0 aromatic heterocycles. The number of benzene rings is 2. The van der Waals surface area contributed by atoms with Gasteiger partial charge in [-0.15, -0.1) is 0 Å². The largest absolute Gasteiger partial charge is 0.396 e. The zero-order valence-electron chi connectivity index (χ0n) is 11.2. The van der Waals surface area contributed by atoms with E-state index in [2.05, 4.69) is 15.9 Å². The van der Waals surface area contributed by atoms with Crippen LogP contribution in [-0.2, 0) is 6.54 Å². The molecule has 21 heavy (non-hydrogen) atoms. The highest BCUT2D eigenvalue weighted by atomic mass is 79.9. The van der Waals surface area contributed by atoms with E-state index in [0.717, 1.165) is 16.1 Å². The first-order valence-electron chi connectivity index (χ1n) is 6.13. The number of anilines is 1. The Hall–Kier alpha value is -1.95. The summed E-state index contributed by atoms with van der Waals surface area (Å²) in [7, 11) is 1.55. The third-order valence-corrected chi connectivity index (χ3v) is 3.53. The van der Waals surface area contributed by atoms with Crippen molar-refractivity contribution in [1.29, 1.82) is 0 Å². The molecule has 0 spiro atoms. The number of rotatable bonds is 3. The second-order valence-electron chi connectivity index (χ2n) is 4.64. The molecule has 0 heterocycles. The summed E-state index contributed by atoms with van der Waals surface area (Å²) in [6.45, 7) is 0.308. The van der Waals surface area contributed by atoms with Gasteiger partial charge in [-0.2, -0.15) is 0 Å². The number of nitrogens with two attached hydrogens (primary N) is 1. The van der Waals surface area contributed by atoms with Crippen molar-refractivity contribution < 1.29 is 13.6 Å². The lowest BCUT2D eigenvalue weighted by Crippen LogP contribution is -2.27. The van der Waals surface area contributed by atoms with E-state index in [1.54, 1.807) is 7.05 Å². The lowest BCUT2D eigenvalue weighted by atomic mass is 10.1. The number of nitrogens with zero attached hydrogens (tertiary/aromatic N) is 1. The van der Waals surface area contributed by atoms with Gasteiger partial charge in [-0.25, -0.2) is 8.78 Å². The molecule has 2 aromatic carbocycles. The molecule has 0 saturated heterocycles. The Morgan fingerprint density at radius 1 is 1.19 bits per heavy atom. The fourth-order valence-corrected chi connectivity index (χ4v) is 2.14. The lowest BCUT2D eigenvalue weighted by molar-refractivity contribution is 0.0780. The Bertz CT molecular complexity index is 674. The Morgan fingerprint density at radius 2 is 1.81 bits per heavy atom. The predicted octanol–water partition coefficient (Wildman–Crippen LogP) is 3.58. The minimum atomic E-state index is -0.922. The molecule has 1 amide bonds. The summed E-state index contributed by atoms with van der Waals surface area (Å²) in [5, 5.41) is 0. The van der Waals surface area contributed by atoms with E-state index in [-0.39, 0.29) is 11.3 Å². The monoisotopic (exact) mass is 354 g/mol. The molecule has 0 saturated carbocycles. The van der Waals surface area contributed by atoms with E-state index in [4.69, 9.17) is 5.73 Å². The molecule has 0 fully saturated rings. The van der Waals surface area contributed by atoms with Crippen LogP contribution in [-0.4, -0.2) is 17.9 Å². The normalized spacial score (nSPS) is 10.5. The van der Waals surface area contributed by atoms with Gasteiger partial charge in [0.15, 0.2) is 0 Å². The van der Waals surface area contributed by atoms with Crippen LogP contribution < -0.4 is 5.73 Å². The molecule has 0 aliphatic heterocycles. The first kappa shape index (κ1) is 15.4. The molecule has 0 atom stereocenters. The Kier molecular flexibility index (Phi) is 4.57. The summed E-state index contributed by atoms with van der Waals surface area (Å²) >= 11 is 3.32. The quantitative estimate of drug-likeness (QED) is 0.856. The first-order valence-corrected chi connectivity index (χ1v) is 6.92. The van der Waals surface area contributed by atoms with Crippen molar-refractivity contribution in [3.63, 3.8) is 0 Å². The number of hydrogen-bond acceptors (Lipinski definition) is 2. The molecule has 2 aromatic rings. The smallest absolute Gasteiger partial charge is 0.256 e. The standard InChI is InChI=1S/C15H13BrF2N2O/c1-20(8-9-2-4-10(16)5-3-9)15(21)11-6-14(19)13(18)7-12(11)17/h2-7H,8,19H2,1H3. The van der Waals surface area contributed by atoms with Crippen LogP contribution in [0.4, 0.5) is 14.5 Å². The summed E-state index contributed by atoms with van der Waals surface area (Å²) in [4.78, 5) is 13.5. The predicted molar refractivity (Wildman–Crippen MR) is 80.7 cm³/mol. The minimum absolute atomic E-state index is 0.242. The molecule has 2 N–H and O–H groups in total. The fraction of sp³-hybridized carbons (Fsp3) is 0.133. The zero-order valence-corrected chi connectivity index (χ0v) is 12.8. The lowest BCUT2D eigenvalue weighted by Gasteiger charge is -2.18. The van der Waals surface area contributed by atoms with Crippen LogP contribution in [0.1, 0.15) is 15.9 Å². The van der Waals surface area contributed by atoms with Crippen molar-refractivity contribution >= 4 is 27.5 Å². The van der Waals surface area contributed by atoms with Crippen LogP contribution >= 0.6 is 15.9 Å². The maximum atomic E-state index is 13.7. The Morgan fingerprint density at radius 3 is 2.43 bits per heavy atom. The van der Waals surface area contributed by atoms with Crippen molar-refractivity contribution in [2.45, 2.75) is 6.54 Å². The highest BCUT2D eigenvalue weighted by Gasteiger charge is 2.18. The summed E-state index contributed by atoms with van der Waals surface area (Å²) in [6.07, 6.45) is 0. The molecule has 2 rings (SSSR count). The van der Waals surface area contributed by atoms with Crippen LogP contribution in [0.5, 0.6) is 0 Å². The van der Waals surface area contributed by atoms with Crippen LogP contribution in [0, 0.1) is 11.6 Å². The van der Waals surface area contributed by atoms with Crippen molar-refractivity contribution in [3.05, 3.63) is 63.6 Å². The number of carbonyl (C=O) groups excluding carboxylic acids is 1. The van der Waals surface area contributed by atoms with Crippen molar-refractivity contribution in [2.75, 3.05) is 12.8 Å². The van der Waals surface area contributed by atoms with Crippen LogP contribution in [0.2, 0.25) is 0 Å². The third kappa shape index (κ3) is 3.58. The van der Waals surface area contributed by atoms with Gasteiger partial charge < -0.3 is 10.6 Å². The van der Waals surface area contributed by atoms with Crippen molar-refractivity contribution in [1.82, 2.24) is 4.90 Å². The van der Waals surface area contributed by atoms with Gasteiger partial charge in [0.1, 0.15) is 11.6 Å². The summed E-state index contributed by atoms with van der Waals surface area (Å²) in [6, 6.07) is 9.04.